The molecule has 0 radical (unpaired) electrons. The largest absolute Gasteiger partial charge is 0.488 e. The van der Waals surface area contributed by atoms with Gasteiger partial charge in [-0.3, -0.25) is 4.79 Å². The van der Waals surface area contributed by atoms with Crippen molar-refractivity contribution < 1.29 is 17.9 Å². The molecule has 1 heterocycles. The molecular formula is C25H30Cl2N2O4S. The van der Waals surface area contributed by atoms with Gasteiger partial charge >= 0.3 is 0 Å². The van der Waals surface area contributed by atoms with Gasteiger partial charge in [-0.1, -0.05) is 41.8 Å². The number of hydrogen-bond donors (Lipinski definition) is 0. The Morgan fingerprint density at radius 2 is 1.74 bits per heavy atom. The molecule has 2 aromatic carbocycles. The van der Waals surface area contributed by atoms with Crippen LogP contribution < -0.4 is 4.74 Å². The second-order valence-corrected chi connectivity index (χ2v) is 11.5. The molecule has 1 saturated carbocycles. The lowest BCUT2D eigenvalue weighted by molar-refractivity contribution is 0.0641. The molecule has 9 heteroatoms. The number of para-hydroxylation sites is 1. The number of hydrogen-bond acceptors (Lipinski definition) is 4. The summed E-state index contributed by atoms with van der Waals surface area (Å²) in [6.07, 6.45) is 4.17. The lowest BCUT2D eigenvalue weighted by atomic mass is 9.92. The van der Waals surface area contributed by atoms with Crippen LogP contribution in [-0.4, -0.2) is 55.3 Å². The van der Waals surface area contributed by atoms with Crippen LogP contribution in [0.4, 0.5) is 0 Å². The predicted octanol–water partition coefficient (Wildman–Crippen LogP) is 5.63. The highest BCUT2D eigenvalue weighted by atomic mass is 35.5. The molecule has 0 aromatic heterocycles. The summed E-state index contributed by atoms with van der Waals surface area (Å²) in [4.78, 5) is 15.0. The Balaban J connectivity index is 1.77. The van der Waals surface area contributed by atoms with E-state index in [4.69, 9.17) is 27.9 Å². The van der Waals surface area contributed by atoms with E-state index >= 15 is 0 Å². The van der Waals surface area contributed by atoms with Crippen molar-refractivity contribution in [3.63, 3.8) is 0 Å². The standard InChI is InChI=1S/C25H30Cl2N2O4S/c1-2-28-15-7-8-16-29(34(31,32)24-17-18(26)13-14-20(24)27)21-10-4-6-12-23(21)33-22-11-5-3-9-19(22)25(28)30/h3,5,9,11,13-14,17,21,23H,2,4,6-8,10,12,15-16H2,1H3/t21-,23+/m1/s1. The van der Waals surface area contributed by atoms with E-state index in [0.717, 1.165) is 12.8 Å². The van der Waals surface area contributed by atoms with Crippen LogP contribution in [0.3, 0.4) is 0 Å². The van der Waals surface area contributed by atoms with E-state index in [1.165, 1.54) is 12.1 Å². The van der Waals surface area contributed by atoms with Gasteiger partial charge in [-0.2, -0.15) is 4.31 Å². The van der Waals surface area contributed by atoms with E-state index in [1.807, 2.05) is 19.1 Å². The van der Waals surface area contributed by atoms with Gasteiger partial charge < -0.3 is 9.64 Å². The zero-order valence-corrected chi connectivity index (χ0v) is 21.6. The first-order chi connectivity index (χ1) is 16.3. The number of carbonyl (C=O) groups excluding carboxylic acids is 1. The molecule has 34 heavy (non-hydrogen) atoms. The molecule has 0 saturated heterocycles. The van der Waals surface area contributed by atoms with Crippen LogP contribution in [0.15, 0.2) is 47.4 Å². The summed E-state index contributed by atoms with van der Waals surface area (Å²) in [5, 5.41) is 0.469. The van der Waals surface area contributed by atoms with Gasteiger partial charge in [0.05, 0.1) is 16.6 Å². The van der Waals surface area contributed by atoms with Gasteiger partial charge in [0, 0.05) is 24.7 Å². The molecule has 1 aliphatic heterocycles. The number of amides is 1. The fourth-order valence-electron chi connectivity index (χ4n) is 4.86. The zero-order chi connectivity index (χ0) is 24.3. The second-order valence-electron chi connectivity index (χ2n) is 8.79. The highest BCUT2D eigenvalue weighted by Gasteiger charge is 2.40. The minimum Gasteiger partial charge on any atom is -0.488 e. The molecule has 2 atom stereocenters. The van der Waals surface area contributed by atoms with E-state index in [2.05, 4.69) is 0 Å². The van der Waals surface area contributed by atoms with E-state index in [9.17, 15) is 13.2 Å². The van der Waals surface area contributed by atoms with Gasteiger partial charge in [0.25, 0.3) is 5.91 Å². The highest BCUT2D eigenvalue weighted by molar-refractivity contribution is 7.89. The Labute approximate surface area is 211 Å². The fraction of sp³-hybridized carbons (Fsp3) is 0.480. The van der Waals surface area contributed by atoms with E-state index in [-0.39, 0.29) is 28.0 Å². The zero-order valence-electron chi connectivity index (χ0n) is 19.3. The van der Waals surface area contributed by atoms with E-state index in [1.54, 1.807) is 27.4 Å². The van der Waals surface area contributed by atoms with Gasteiger partial charge in [0.15, 0.2) is 0 Å². The highest BCUT2D eigenvalue weighted by Crippen LogP contribution is 2.35. The molecule has 6 nitrogen and oxygen atoms in total. The maximum absolute atomic E-state index is 13.9. The predicted molar refractivity (Wildman–Crippen MR) is 134 cm³/mol. The van der Waals surface area contributed by atoms with Crippen molar-refractivity contribution in [2.24, 2.45) is 0 Å². The Hall–Kier alpha value is -1.80. The van der Waals surface area contributed by atoms with Gasteiger partial charge in [-0.15, -0.1) is 0 Å². The van der Waals surface area contributed by atoms with Crippen LogP contribution in [0.5, 0.6) is 5.75 Å². The average molecular weight is 525 g/mol. The van der Waals surface area contributed by atoms with Gasteiger partial charge in [0.2, 0.25) is 10.0 Å². The summed E-state index contributed by atoms with van der Waals surface area (Å²) >= 11 is 12.5. The van der Waals surface area contributed by atoms with Crippen LogP contribution in [0, 0.1) is 0 Å². The monoisotopic (exact) mass is 524 g/mol. The molecule has 1 aliphatic carbocycles. The topological polar surface area (TPSA) is 66.9 Å². The quantitative estimate of drug-likeness (QED) is 0.521. The number of halogens is 2. The number of nitrogens with zero attached hydrogens (tertiary/aromatic N) is 2. The normalized spacial score (nSPS) is 22.7. The van der Waals surface area contributed by atoms with Crippen molar-refractivity contribution in [2.75, 3.05) is 19.6 Å². The number of benzene rings is 2. The van der Waals surface area contributed by atoms with Crippen molar-refractivity contribution in [3.05, 3.63) is 58.1 Å². The molecule has 0 bridgehead atoms. The van der Waals surface area contributed by atoms with E-state index in [0.29, 0.717) is 61.7 Å². The third kappa shape index (κ3) is 5.23. The maximum atomic E-state index is 13.9. The summed E-state index contributed by atoms with van der Waals surface area (Å²) in [5.41, 5.74) is 0.515. The average Bonchev–Trinajstić information content (AvgIpc) is 2.83. The maximum Gasteiger partial charge on any atom is 0.257 e. The van der Waals surface area contributed by atoms with Gasteiger partial charge in [-0.25, -0.2) is 8.42 Å². The summed E-state index contributed by atoms with van der Waals surface area (Å²) in [7, 11) is -3.93. The van der Waals surface area contributed by atoms with Crippen molar-refractivity contribution in [1.82, 2.24) is 9.21 Å². The first kappa shape index (κ1) is 25.3. The lowest BCUT2D eigenvalue weighted by Gasteiger charge is -2.40. The molecule has 184 valence electrons. The van der Waals surface area contributed by atoms with Gasteiger partial charge in [-0.05, 0) is 69.4 Å². The Morgan fingerprint density at radius 3 is 2.53 bits per heavy atom. The molecule has 1 fully saturated rings. The first-order valence-corrected chi connectivity index (χ1v) is 14.0. The number of sulfonamides is 1. The number of rotatable bonds is 3. The van der Waals surface area contributed by atoms with Gasteiger partial charge in [0.1, 0.15) is 16.7 Å². The Morgan fingerprint density at radius 1 is 1.00 bits per heavy atom. The molecule has 1 amide bonds. The third-order valence-corrected chi connectivity index (χ3v) is 9.28. The number of ether oxygens (including phenoxy) is 1. The van der Waals surface area contributed by atoms with Crippen molar-refractivity contribution in [3.8, 4) is 5.75 Å². The van der Waals surface area contributed by atoms with Crippen LogP contribution in [0.25, 0.3) is 0 Å². The number of fused-ring (bicyclic) bond motifs is 2. The molecule has 0 spiro atoms. The van der Waals surface area contributed by atoms with Crippen molar-refractivity contribution in [1.29, 1.82) is 0 Å². The van der Waals surface area contributed by atoms with E-state index < -0.39 is 10.0 Å². The van der Waals surface area contributed by atoms with Crippen molar-refractivity contribution >= 4 is 39.1 Å². The van der Waals surface area contributed by atoms with Crippen LogP contribution >= 0.6 is 23.2 Å². The smallest absolute Gasteiger partial charge is 0.257 e. The SMILES string of the molecule is CCN1CCCCN(S(=O)(=O)c2cc(Cl)ccc2Cl)[C@@H]2CCCC[C@@H]2Oc2ccccc2C1=O. The lowest BCUT2D eigenvalue weighted by Crippen LogP contribution is -2.51. The van der Waals surface area contributed by atoms with Crippen LogP contribution in [-0.2, 0) is 10.0 Å². The third-order valence-electron chi connectivity index (χ3n) is 6.64. The summed E-state index contributed by atoms with van der Waals surface area (Å²) < 4.78 is 35.8. The molecule has 2 aromatic rings. The minimum absolute atomic E-state index is 0.0175. The van der Waals surface area contributed by atoms with Crippen molar-refractivity contribution in [2.45, 2.75) is 62.5 Å². The molecular weight excluding hydrogens is 495 g/mol. The molecule has 0 N–H and O–H groups in total. The number of carbonyl (C=O) groups is 1. The summed E-state index contributed by atoms with van der Waals surface area (Å²) in [6.45, 7) is 3.38. The molecule has 0 unspecified atom stereocenters. The first-order valence-electron chi connectivity index (χ1n) is 11.8. The molecule has 4 rings (SSSR count). The minimum atomic E-state index is -3.93. The summed E-state index contributed by atoms with van der Waals surface area (Å²) in [6, 6.07) is 11.4. The molecule has 2 aliphatic rings. The van der Waals surface area contributed by atoms with Crippen LogP contribution in [0.1, 0.15) is 55.8 Å². The van der Waals surface area contributed by atoms with Crippen LogP contribution in [0.2, 0.25) is 10.0 Å². The Bertz CT molecular complexity index is 1140. The second kappa shape index (κ2) is 10.9. The summed E-state index contributed by atoms with van der Waals surface area (Å²) in [5.74, 6) is 0.447. The fourth-order valence-corrected chi connectivity index (χ4v) is 7.32. The Kier molecular flexibility index (Phi) is 8.08.